The molecule has 0 aromatic heterocycles. The smallest absolute Gasteiger partial charge is 0.0155 e. The van der Waals surface area contributed by atoms with Crippen molar-refractivity contribution in [3.05, 3.63) is 70.1 Å². The second-order valence-corrected chi connectivity index (χ2v) is 4.10. The summed E-state index contributed by atoms with van der Waals surface area (Å²) < 4.78 is 0. The Morgan fingerprint density at radius 3 is 2.06 bits per heavy atom. The van der Waals surface area contributed by atoms with Crippen LogP contribution in [0.2, 0.25) is 0 Å². The van der Waals surface area contributed by atoms with E-state index in [1.54, 1.807) is 0 Å². The van der Waals surface area contributed by atoms with Gasteiger partial charge in [-0.25, -0.2) is 0 Å². The van der Waals surface area contributed by atoms with Gasteiger partial charge < -0.3 is 0 Å². The van der Waals surface area contributed by atoms with Crippen molar-refractivity contribution < 1.29 is 0 Å². The summed E-state index contributed by atoms with van der Waals surface area (Å²) >= 11 is 0. The van der Waals surface area contributed by atoms with E-state index in [9.17, 15) is 0 Å². The van der Waals surface area contributed by atoms with Gasteiger partial charge in [0.2, 0.25) is 0 Å². The Hall–Kier alpha value is -1.82. The van der Waals surface area contributed by atoms with Crippen molar-refractivity contribution >= 4 is 12.2 Å². The zero-order valence-electron chi connectivity index (χ0n) is 11.8. The van der Waals surface area contributed by atoms with E-state index in [1.807, 2.05) is 19.9 Å². The predicted molar refractivity (Wildman–Crippen MR) is 81.9 cm³/mol. The molecule has 0 N–H and O–H groups in total. The van der Waals surface area contributed by atoms with E-state index in [4.69, 9.17) is 0 Å². The molecule has 0 nitrogen and oxygen atoms in total. The van der Waals surface area contributed by atoms with Crippen LogP contribution >= 0.6 is 0 Å². The highest BCUT2D eigenvalue weighted by atomic mass is 14.0. The Labute approximate surface area is 110 Å². The number of aryl methyl sites for hydroxylation is 1. The molecular formula is C18H22. The third-order valence-corrected chi connectivity index (χ3v) is 2.97. The fourth-order valence-electron chi connectivity index (χ4n) is 2.02. The highest BCUT2D eigenvalue weighted by molar-refractivity contribution is 5.66. The van der Waals surface area contributed by atoms with Gasteiger partial charge in [-0.15, -0.1) is 0 Å². The topological polar surface area (TPSA) is 0 Å². The highest BCUT2D eigenvalue weighted by Crippen LogP contribution is 2.14. The largest absolute Gasteiger partial charge is 0.0911 e. The summed E-state index contributed by atoms with van der Waals surface area (Å²) in [7, 11) is 0. The molecule has 0 amide bonds. The number of rotatable bonds is 1. The van der Waals surface area contributed by atoms with Crippen LogP contribution in [-0.2, 0) is 0 Å². The van der Waals surface area contributed by atoms with Crippen molar-refractivity contribution in [2.75, 3.05) is 0 Å². The molecule has 0 aliphatic carbocycles. The van der Waals surface area contributed by atoms with Gasteiger partial charge in [0, 0.05) is 0 Å². The Morgan fingerprint density at radius 2 is 1.44 bits per heavy atom. The maximum Gasteiger partial charge on any atom is -0.0155 e. The van der Waals surface area contributed by atoms with E-state index in [1.165, 1.54) is 21.9 Å². The minimum absolute atomic E-state index is 1.09. The van der Waals surface area contributed by atoms with Crippen LogP contribution in [0.4, 0.5) is 0 Å². The monoisotopic (exact) mass is 238 g/mol. The zero-order valence-corrected chi connectivity index (χ0v) is 11.8. The molecule has 2 aromatic rings. The first-order chi connectivity index (χ1) is 8.70. The Kier molecular flexibility index (Phi) is 5.38. The highest BCUT2D eigenvalue weighted by Gasteiger charge is 1.99. The second kappa shape index (κ2) is 6.80. The van der Waals surface area contributed by atoms with Crippen molar-refractivity contribution in [2.24, 2.45) is 0 Å². The van der Waals surface area contributed by atoms with E-state index in [0.29, 0.717) is 0 Å². The van der Waals surface area contributed by atoms with E-state index >= 15 is 0 Å². The van der Waals surface area contributed by atoms with Crippen LogP contribution in [0.15, 0.2) is 48.5 Å². The molecule has 0 unspecified atom stereocenters. The normalized spacial score (nSPS) is 11.3. The molecule has 0 aliphatic heterocycles. The molecule has 0 aliphatic rings. The van der Waals surface area contributed by atoms with Crippen LogP contribution in [0.1, 0.15) is 31.9 Å². The average molecular weight is 238 g/mol. The lowest BCUT2D eigenvalue weighted by molar-refractivity contribution is 1.38. The third kappa shape index (κ3) is 3.10. The number of benzene rings is 2. The van der Waals surface area contributed by atoms with E-state index in [0.717, 1.165) is 5.22 Å². The zero-order chi connectivity index (χ0) is 13.5. The van der Waals surface area contributed by atoms with Gasteiger partial charge in [-0.1, -0.05) is 69.0 Å². The van der Waals surface area contributed by atoms with Crippen molar-refractivity contribution in [1.82, 2.24) is 0 Å². The van der Waals surface area contributed by atoms with E-state index < -0.39 is 0 Å². The minimum Gasteiger partial charge on any atom is -0.0911 e. The molecule has 0 bridgehead atoms. The third-order valence-electron chi connectivity index (χ3n) is 2.97. The van der Waals surface area contributed by atoms with Crippen molar-refractivity contribution in [1.29, 1.82) is 0 Å². The maximum atomic E-state index is 4.08. The molecule has 2 rings (SSSR count). The first-order valence-corrected chi connectivity index (χ1v) is 6.51. The summed E-state index contributed by atoms with van der Waals surface area (Å²) in [5.41, 5.74) is 3.91. The quantitative estimate of drug-likeness (QED) is 0.711. The van der Waals surface area contributed by atoms with Crippen LogP contribution < -0.4 is 10.4 Å². The van der Waals surface area contributed by atoms with Gasteiger partial charge in [0.15, 0.2) is 0 Å². The average Bonchev–Trinajstić information content (AvgIpc) is 2.41. The van der Waals surface area contributed by atoms with Crippen LogP contribution in [0.3, 0.4) is 0 Å². The van der Waals surface area contributed by atoms with Gasteiger partial charge in [-0.2, -0.15) is 0 Å². The van der Waals surface area contributed by atoms with Gasteiger partial charge >= 0.3 is 0 Å². The van der Waals surface area contributed by atoms with Gasteiger partial charge in [-0.3, -0.25) is 0 Å². The first kappa shape index (κ1) is 14.2. The molecule has 0 atom stereocenters. The van der Waals surface area contributed by atoms with Gasteiger partial charge in [-0.05, 0) is 41.0 Å². The molecule has 2 aromatic carbocycles. The van der Waals surface area contributed by atoms with Gasteiger partial charge in [0.05, 0.1) is 0 Å². The second-order valence-electron chi connectivity index (χ2n) is 4.10. The molecule has 0 saturated carbocycles. The molecule has 0 radical (unpaired) electrons. The summed E-state index contributed by atoms with van der Waals surface area (Å²) in [6.45, 7) is 12.4. The molecule has 94 valence electrons. The minimum atomic E-state index is 1.09. The SMILES string of the molecule is C=c1cccc/c1=C(\C)c1ccccc1C.CC. The van der Waals surface area contributed by atoms with Crippen LogP contribution in [0, 0.1) is 6.92 Å². The Morgan fingerprint density at radius 1 is 0.889 bits per heavy atom. The molecule has 0 fully saturated rings. The fraction of sp³-hybridized carbons (Fsp3) is 0.222. The maximum absolute atomic E-state index is 4.08. The van der Waals surface area contributed by atoms with E-state index in [2.05, 4.69) is 62.9 Å². The lowest BCUT2D eigenvalue weighted by Gasteiger charge is -2.06. The Balaban J connectivity index is 0.000000771. The van der Waals surface area contributed by atoms with Crippen molar-refractivity contribution in [2.45, 2.75) is 27.7 Å². The van der Waals surface area contributed by atoms with Gasteiger partial charge in [0.25, 0.3) is 0 Å². The molecule has 0 heterocycles. The molecule has 0 spiro atoms. The summed E-state index contributed by atoms with van der Waals surface area (Å²) in [4.78, 5) is 0. The van der Waals surface area contributed by atoms with Crippen LogP contribution in [-0.4, -0.2) is 0 Å². The van der Waals surface area contributed by atoms with Crippen LogP contribution in [0.25, 0.3) is 12.2 Å². The molecule has 18 heavy (non-hydrogen) atoms. The molecule has 0 heteroatoms. The standard InChI is InChI=1S/C16H16.C2H6/c1-12-8-4-6-10-15(12)14(3)16-11-7-5-9-13(16)2;1-2/h4-11H,1H2,2-3H3;1-2H3/b15-14-;. The molecular weight excluding hydrogens is 216 g/mol. The van der Waals surface area contributed by atoms with E-state index in [-0.39, 0.29) is 0 Å². The molecule has 0 saturated heterocycles. The van der Waals surface area contributed by atoms with Crippen molar-refractivity contribution in [3.63, 3.8) is 0 Å². The summed E-state index contributed by atoms with van der Waals surface area (Å²) in [6.07, 6.45) is 0. The summed E-state index contributed by atoms with van der Waals surface area (Å²) in [5, 5.41) is 2.32. The predicted octanol–water partition coefficient (Wildman–Crippen LogP) is 3.65. The van der Waals surface area contributed by atoms with Crippen LogP contribution in [0.5, 0.6) is 0 Å². The Bertz CT molecular complexity index is 606. The number of hydrogen-bond acceptors (Lipinski definition) is 0. The summed E-state index contributed by atoms with van der Waals surface area (Å²) in [5.74, 6) is 0. The fourth-order valence-corrected chi connectivity index (χ4v) is 2.02. The van der Waals surface area contributed by atoms with Crippen molar-refractivity contribution in [3.8, 4) is 0 Å². The van der Waals surface area contributed by atoms with Gasteiger partial charge in [0.1, 0.15) is 0 Å². The number of hydrogen-bond donors (Lipinski definition) is 0. The lowest BCUT2D eigenvalue weighted by Crippen LogP contribution is -2.24. The summed E-state index contributed by atoms with van der Waals surface area (Å²) in [6, 6.07) is 16.7. The lowest BCUT2D eigenvalue weighted by atomic mass is 9.99. The first-order valence-electron chi connectivity index (χ1n) is 6.51.